The van der Waals surface area contributed by atoms with E-state index in [4.69, 9.17) is 19.4 Å². The van der Waals surface area contributed by atoms with Crippen LogP contribution in [0, 0.1) is 0 Å². The number of fused-ring (bicyclic) bond motifs is 7. The maximum Gasteiger partial charge on any atom is 0.238 e. The first kappa shape index (κ1) is 31.9. The lowest BCUT2D eigenvalue weighted by Crippen LogP contribution is -2.07. The van der Waals surface area contributed by atoms with E-state index in [9.17, 15) is 0 Å². The molecule has 0 aliphatic heterocycles. The maximum atomic E-state index is 6.76. The molecule has 0 aliphatic rings. The van der Waals surface area contributed by atoms with Gasteiger partial charge in [-0.1, -0.05) is 176 Å². The average Bonchev–Trinajstić information content (AvgIpc) is 3.84. The topological polar surface area (TPSA) is 56.7 Å². The fourth-order valence-electron chi connectivity index (χ4n) is 8.01. The highest BCUT2D eigenvalue weighted by Gasteiger charge is 2.24. The fraction of sp³-hybridized carbons (Fsp3) is 0. The second-order valence-corrected chi connectivity index (χ2v) is 14.0. The SMILES string of the molecule is c1ccc(-c2ccc(-c3nc(-c4cccc(-c5ccccc5)c4)nc(-n4c5c(-c6ccccc6)cccc5c5ccc6c7ccccc7oc6c54)n3)cc2)cc1. The van der Waals surface area contributed by atoms with Crippen molar-refractivity contribution in [2.45, 2.75) is 0 Å². The Morgan fingerprint density at radius 1 is 0.339 bits per heavy atom. The molecule has 0 saturated carbocycles. The van der Waals surface area contributed by atoms with E-state index in [1.54, 1.807) is 0 Å². The number of benzene rings is 8. The largest absolute Gasteiger partial charge is 0.454 e. The zero-order valence-electron chi connectivity index (χ0n) is 30.2. The molecule has 0 saturated heterocycles. The number of nitrogens with zero attached hydrogens (tertiary/aromatic N) is 4. The normalized spacial score (nSPS) is 11.6. The molecule has 3 aromatic heterocycles. The number of furan rings is 1. The van der Waals surface area contributed by atoms with Crippen LogP contribution < -0.4 is 0 Å². The summed E-state index contributed by atoms with van der Waals surface area (Å²) in [5.41, 5.74) is 12.0. The Labute approximate surface area is 322 Å². The predicted molar refractivity (Wildman–Crippen MR) is 229 cm³/mol. The summed E-state index contributed by atoms with van der Waals surface area (Å²) in [7, 11) is 0. The van der Waals surface area contributed by atoms with Crippen LogP contribution in [0.1, 0.15) is 0 Å². The Hall–Kier alpha value is -7.63. The lowest BCUT2D eigenvalue weighted by molar-refractivity contribution is 0.670. The van der Waals surface area contributed by atoms with Crippen molar-refractivity contribution in [3.05, 3.63) is 194 Å². The summed E-state index contributed by atoms with van der Waals surface area (Å²) in [5.74, 6) is 1.68. The van der Waals surface area contributed by atoms with Crippen LogP contribution in [-0.2, 0) is 0 Å². The predicted octanol–water partition coefficient (Wildman–Crippen LogP) is 13.2. The second-order valence-electron chi connectivity index (χ2n) is 14.0. The number of hydrogen-bond acceptors (Lipinski definition) is 4. The number of rotatable bonds is 6. The Morgan fingerprint density at radius 3 is 1.61 bits per heavy atom. The summed E-state index contributed by atoms with van der Waals surface area (Å²) in [5, 5.41) is 4.26. The first-order valence-corrected chi connectivity index (χ1v) is 18.8. The molecule has 11 aromatic rings. The molecule has 0 spiro atoms. The quantitative estimate of drug-likeness (QED) is 0.172. The standard InChI is InChI=1S/C51H32N4O/c1-4-14-33(15-5-1)35-26-28-37(29-27-35)49-52-50(39-21-12-20-38(32-39)34-16-6-2-7-17-34)54-51(53-49)55-46-40(36-18-8-3-9-19-36)23-13-24-42(46)43-30-31-44-41-22-10-11-25-45(41)56-48(44)47(43)55/h1-32H. The van der Waals surface area contributed by atoms with Crippen LogP contribution in [0.5, 0.6) is 0 Å². The molecule has 0 radical (unpaired) electrons. The van der Waals surface area contributed by atoms with E-state index in [1.807, 2.05) is 30.3 Å². The molecule has 5 nitrogen and oxygen atoms in total. The highest BCUT2D eigenvalue weighted by atomic mass is 16.3. The Kier molecular flexibility index (Phi) is 7.42. The second kappa shape index (κ2) is 13.0. The molecule has 0 N–H and O–H groups in total. The van der Waals surface area contributed by atoms with E-state index in [1.165, 1.54) is 0 Å². The van der Waals surface area contributed by atoms with Crippen molar-refractivity contribution in [1.29, 1.82) is 0 Å². The lowest BCUT2D eigenvalue weighted by Gasteiger charge is -2.13. The average molecular weight is 717 g/mol. The van der Waals surface area contributed by atoms with Gasteiger partial charge in [-0.3, -0.25) is 4.57 Å². The van der Waals surface area contributed by atoms with Gasteiger partial charge < -0.3 is 4.42 Å². The van der Waals surface area contributed by atoms with Crippen LogP contribution in [0.15, 0.2) is 199 Å². The van der Waals surface area contributed by atoms with Gasteiger partial charge in [-0.05, 0) is 46.0 Å². The highest BCUT2D eigenvalue weighted by Crippen LogP contribution is 2.43. The van der Waals surface area contributed by atoms with Crippen molar-refractivity contribution in [2.24, 2.45) is 0 Å². The summed E-state index contributed by atoms with van der Waals surface area (Å²) in [6.45, 7) is 0. The van der Waals surface area contributed by atoms with E-state index >= 15 is 0 Å². The highest BCUT2D eigenvalue weighted by molar-refractivity contribution is 6.23. The van der Waals surface area contributed by atoms with E-state index < -0.39 is 0 Å². The van der Waals surface area contributed by atoms with Crippen LogP contribution in [0.25, 0.3) is 106 Å². The monoisotopic (exact) mass is 716 g/mol. The summed E-state index contributed by atoms with van der Waals surface area (Å²) in [4.78, 5) is 15.9. The molecule has 0 bridgehead atoms. The van der Waals surface area contributed by atoms with Gasteiger partial charge in [-0.25, -0.2) is 4.98 Å². The molecule has 0 atom stereocenters. The van der Waals surface area contributed by atoms with Gasteiger partial charge in [0.25, 0.3) is 0 Å². The maximum absolute atomic E-state index is 6.76. The first-order chi connectivity index (χ1) is 27.8. The van der Waals surface area contributed by atoms with Crippen LogP contribution in [-0.4, -0.2) is 19.5 Å². The van der Waals surface area contributed by atoms with Gasteiger partial charge in [0.2, 0.25) is 5.95 Å². The summed E-state index contributed by atoms with van der Waals surface area (Å²) >= 11 is 0. The smallest absolute Gasteiger partial charge is 0.238 e. The summed E-state index contributed by atoms with van der Waals surface area (Å²) in [6.07, 6.45) is 0. The van der Waals surface area contributed by atoms with E-state index in [0.717, 1.165) is 88.3 Å². The molecule has 0 fully saturated rings. The van der Waals surface area contributed by atoms with Crippen LogP contribution >= 0.6 is 0 Å². The van der Waals surface area contributed by atoms with Crippen LogP contribution in [0.3, 0.4) is 0 Å². The molecular formula is C51H32N4O. The van der Waals surface area contributed by atoms with Crippen molar-refractivity contribution in [1.82, 2.24) is 19.5 Å². The van der Waals surface area contributed by atoms with Gasteiger partial charge in [-0.2, -0.15) is 9.97 Å². The molecule has 262 valence electrons. The van der Waals surface area contributed by atoms with Gasteiger partial charge in [0.05, 0.1) is 5.52 Å². The Morgan fingerprint density at radius 2 is 0.857 bits per heavy atom. The van der Waals surface area contributed by atoms with Crippen LogP contribution in [0.2, 0.25) is 0 Å². The zero-order chi connectivity index (χ0) is 37.0. The molecule has 5 heteroatoms. The Balaban J connectivity index is 1.23. The number of aromatic nitrogens is 4. The van der Waals surface area contributed by atoms with Gasteiger partial charge >= 0.3 is 0 Å². The van der Waals surface area contributed by atoms with Gasteiger partial charge in [0.1, 0.15) is 11.1 Å². The van der Waals surface area contributed by atoms with Crippen molar-refractivity contribution in [3.63, 3.8) is 0 Å². The van der Waals surface area contributed by atoms with Crippen LogP contribution in [0.4, 0.5) is 0 Å². The van der Waals surface area contributed by atoms with Crippen molar-refractivity contribution in [2.75, 3.05) is 0 Å². The minimum absolute atomic E-state index is 0.513. The van der Waals surface area contributed by atoms with Gasteiger partial charge in [0.15, 0.2) is 17.2 Å². The van der Waals surface area contributed by atoms with E-state index in [2.05, 4.69) is 168 Å². The molecule has 11 rings (SSSR count). The van der Waals surface area contributed by atoms with E-state index in [0.29, 0.717) is 17.6 Å². The first-order valence-electron chi connectivity index (χ1n) is 18.8. The van der Waals surface area contributed by atoms with Crippen molar-refractivity contribution >= 4 is 43.7 Å². The lowest BCUT2D eigenvalue weighted by atomic mass is 10.0. The zero-order valence-corrected chi connectivity index (χ0v) is 30.2. The third-order valence-electron chi connectivity index (χ3n) is 10.7. The van der Waals surface area contributed by atoms with Gasteiger partial charge in [0, 0.05) is 38.2 Å². The van der Waals surface area contributed by atoms with E-state index in [-0.39, 0.29) is 0 Å². The third kappa shape index (κ3) is 5.29. The van der Waals surface area contributed by atoms with Crippen molar-refractivity contribution in [3.8, 4) is 62.1 Å². The van der Waals surface area contributed by atoms with Gasteiger partial charge in [-0.15, -0.1) is 0 Å². The summed E-state index contributed by atoms with van der Waals surface area (Å²) < 4.78 is 8.96. The third-order valence-corrected chi connectivity index (χ3v) is 10.7. The number of para-hydroxylation sites is 2. The minimum Gasteiger partial charge on any atom is -0.454 e. The molecule has 8 aromatic carbocycles. The minimum atomic E-state index is 0.513. The summed E-state index contributed by atoms with van der Waals surface area (Å²) in [6, 6.07) is 67.3. The fourth-order valence-corrected chi connectivity index (χ4v) is 8.01. The Bertz CT molecular complexity index is 3220. The molecule has 0 amide bonds. The molecule has 0 aliphatic carbocycles. The molecule has 3 heterocycles. The van der Waals surface area contributed by atoms with Crippen molar-refractivity contribution < 1.29 is 4.42 Å². The molecule has 56 heavy (non-hydrogen) atoms. The molecular weight excluding hydrogens is 685 g/mol. The molecule has 0 unspecified atom stereocenters. The number of hydrogen-bond donors (Lipinski definition) is 0.